The van der Waals surface area contributed by atoms with Crippen molar-refractivity contribution < 1.29 is 13.9 Å². The summed E-state index contributed by atoms with van der Waals surface area (Å²) in [5.41, 5.74) is -0.452. The normalized spacial score (nSPS) is 20.7. The molecule has 0 unspecified atom stereocenters. The average molecular weight is 267 g/mol. The maximum absolute atomic E-state index is 12.1. The molecule has 1 atom stereocenters. The number of esters is 1. The number of rotatable bonds is 3. The minimum Gasteiger partial charge on any atom is -0.459 e. The van der Waals surface area contributed by atoms with Gasteiger partial charge in [-0.2, -0.15) is 0 Å². The summed E-state index contributed by atoms with van der Waals surface area (Å²) in [5.74, 6) is 0.928. The van der Waals surface area contributed by atoms with Gasteiger partial charge in [0.05, 0.1) is 6.54 Å². The SMILES string of the molecule is Cc1nnc(CN2CCC[C@H]2C(=O)OC(C)(C)C)o1. The Labute approximate surface area is 113 Å². The number of likely N-dealkylation sites (tertiary alicyclic amines) is 1. The van der Waals surface area contributed by atoms with Gasteiger partial charge in [0.1, 0.15) is 11.6 Å². The first-order valence-electron chi connectivity index (χ1n) is 6.61. The maximum atomic E-state index is 12.1. The van der Waals surface area contributed by atoms with Crippen LogP contribution < -0.4 is 0 Å². The number of aromatic nitrogens is 2. The zero-order chi connectivity index (χ0) is 14.0. The summed E-state index contributed by atoms with van der Waals surface area (Å²) >= 11 is 0. The van der Waals surface area contributed by atoms with Crippen LogP contribution >= 0.6 is 0 Å². The van der Waals surface area contributed by atoms with E-state index < -0.39 is 5.60 Å². The number of nitrogens with zero attached hydrogens (tertiary/aromatic N) is 3. The lowest BCUT2D eigenvalue weighted by Crippen LogP contribution is -2.40. The van der Waals surface area contributed by atoms with E-state index in [-0.39, 0.29) is 12.0 Å². The van der Waals surface area contributed by atoms with Crippen LogP contribution in [0.1, 0.15) is 45.4 Å². The smallest absolute Gasteiger partial charge is 0.323 e. The first-order chi connectivity index (χ1) is 8.85. The van der Waals surface area contributed by atoms with E-state index in [0.717, 1.165) is 19.4 Å². The van der Waals surface area contributed by atoms with Crippen molar-refractivity contribution in [2.45, 2.75) is 58.7 Å². The molecule has 0 aliphatic carbocycles. The molecule has 106 valence electrons. The average Bonchev–Trinajstić information content (AvgIpc) is 2.86. The fraction of sp³-hybridized carbons (Fsp3) is 0.769. The number of carbonyl (C=O) groups is 1. The van der Waals surface area contributed by atoms with Gasteiger partial charge < -0.3 is 9.15 Å². The van der Waals surface area contributed by atoms with Crippen LogP contribution in [0.5, 0.6) is 0 Å². The van der Waals surface area contributed by atoms with Crippen LogP contribution in [-0.4, -0.2) is 39.3 Å². The second-order valence-electron chi connectivity index (χ2n) is 5.88. The van der Waals surface area contributed by atoms with Gasteiger partial charge in [-0.3, -0.25) is 9.69 Å². The number of hydrogen-bond donors (Lipinski definition) is 0. The van der Waals surface area contributed by atoms with Crippen molar-refractivity contribution in [2.75, 3.05) is 6.54 Å². The minimum atomic E-state index is -0.452. The molecular weight excluding hydrogens is 246 g/mol. The summed E-state index contributed by atoms with van der Waals surface area (Å²) in [6.45, 7) is 8.75. The molecule has 1 aliphatic rings. The Balaban J connectivity index is 1.98. The Kier molecular flexibility index (Phi) is 3.89. The summed E-state index contributed by atoms with van der Waals surface area (Å²) in [7, 11) is 0. The van der Waals surface area contributed by atoms with Gasteiger partial charge in [0.15, 0.2) is 0 Å². The van der Waals surface area contributed by atoms with Crippen molar-refractivity contribution in [3.63, 3.8) is 0 Å². The Hall–Kier alpha value is -1.43. The van der Waals surface area contributed by atoms with Crippen molar-refractivity contribution in [3.8, 4) is 0 Å². The molecule has 2 rings (SSSR count). The zero-order valence-electron chi connectivity index (χ0n) is 12.0. The summed E-state index contributed by atoms with van der Waals surface area (Å²) in [6, 6.07) is -0.202. The molecule has 0 spiro atoms. The fourth-order valence-corrected chi connectivity index (χ4v) is 2.23. The molecule has 6 nitrogen and oxygen atoms in total. The highest BCUT2D eigenvalue weighted by Gasteiger charge is 2.34. The van der Waals surface area contributed by atoms with Crippen LogP contribution in [0.4, 0.5) is 0 Å². The van der Waals surface area contributed by atoms with Crippen LogP contribution in [0.3, 0.4) is 0 Å². The molecule has 1 saturated heterocycles. The zero-order valence-corrected chi connectivity index (χ0v) is 12.0. The van der Waals surface area contributed by atoms with Crippen molar-refractivity contribution >= 4 is 5.97 Å². The molecule has 6 heteroatoms. The van der Waals surface area contributed by atoms with Crippen molar-refractivity contribution in [1.29, 1.82) is 0 Å². The van der Waals surface area contributed by atoms with E-state index in [1.807, 2.05) is 25.7 Å². The van der Waals surface area contributed by atoms with E-state index in [2.05, 4.69) is 10.2 Å². The molecule has 1 aromatic heterocycles. The quantitative estimate of drug-likeness (QED) is 0.776. The van der Waals surface area contributed by atoms with Gasteiger partial charge in [0, 0.05) is 6.92 Å². The molecule has 0 bridgehead atoms. The van der Waals surface area contributed by atoms with E-state index >= 15 is 0 Å². The lowest BCUT2D eigenvalue weighted by atomic mass is 10.1. The largest absolute Gasteiger partial charge is 0.459 e. The molecule has 2 heterocycles. The highest BCUT2D eigenvalue weighted by atomic mass is 16.6. The van der Waals surface area contributed by atoms with Gasteiger partial charge in [-0.1, -0.05) is 0 Å². The molecule has 0 amide bonds. The van der Waals surface area contributed by atoms with Crippen LogP contribution in [-0.2, 0) is 16.1 Å². The Morgan fingerprint density at radius 2 is 2.21 bits per heavy atom. The van der Waals surface area contributed by atoms with E-state index in [1.165, 1.54) is 0 Å². The summed E-state index contributed by atoms with van der Waals surface area (Å²) in [5, 5.41) is 7.77. The number of carbonyl (C=O) groups excluding carboxylic acids is 1. The summed E-state index contributed by atoms with van der Waals surface area (Å²) in [4.78, 5) is 14.2. The lowest BCUT2D eigenvalue weighted by Gasteiger charge is -2.26. The molecule has 0 aromatic carbocycles. The predicted octanol–water partition coefficient (Wildman–Crippen LogP) is 1.68. The number of ether oxygens (including phenoxy) is 1. The summed E-state index contributed by atoms with van der Waals surface area (Å²) in [6.07, 6.45) is 1.80. The highest BCUT2D eigenvalue weighted by molar-refractivity contribution is 5.76. The first-order valence-corrected chi connectivity index (χ1v) is 6.61. The second-order valence-corrected chi connectivity index (χ2v) is 5.88. The van der Waals surface area contributed by atoms with Crippen LogP contribution in [0.2, 0.25) is 0 Å². The third kappa shape index (κ3) is 3.76. The molecule has 0 N–H and O–H groups in total. The van der Waals surface area contributed by atoms with E-state index in [0.29, 0.717) is 18.3 Å². The molecule has 0 saturated carbocycles. The maximum Gasteiger partial charge on any atom is 0.323 e. The van der Waals surface area contributed by atoms with Gasteiger partial charge in [-0.25, -0.2) is 0 Å². The number of aryl methyl sites for hydroxylation is 1. The number of hydrogen-bond acceptors (Lipinski definition) is 6. The molecule has 0 radical (unpaired) electrons. The minimum absolute atomic E-state index is 0.166. The van der Waals surface area contributed by atoms with Gasteiger partial charge in [-0.15, -0.1) is 10.2 Å². The molecule has 1 aliphatic heterocycles. The van der Waals surface area contributed by atoms with Crippen LogP contribution in [0, 0.1) is 6.92 Å². The highest BCUT2D eigenvalue weighted by Crippen LogP contribution is 2.22. The first kappa shape index (κ1) is 14.0. The third-order valence-electron chi connectivity index (χ3n) is 2.95. The Morgan fingerprint density at radius 3 is 2.79 bits per heavy atom. The van der Waals surface area contributed by atoms with Crippen LogP contribution in [0.15, 0.2) is 4.42 Å². The second kappa shape index (κ2) is 5.28. The van der Waals surface area contributed by atoms with Gasteiger partial charge >= 0.3 is 5.97 Å². The van der Waals surface area contributed by atoms with Gasteiger partial charge in [0.25, 0.3) is 0 Å². The molecule has 1 fully saturated rings. The van der Waals surface area contributed by atoms with Crippen molar-refractivity contribution in [2.24, 2.45) is 0 Å². The predicted molar refractivity (Wildman–Crippen MR) is 68.3 cm³/mol. The molecule has 19 heavy (non-hydrogen) atoms. The lowest BCUT2D eigenvalue weighted by molar-refractivity contribution is -0.160. The summed E-state index contributed by atoms with van der Waals surface area (Å²) < 4.78 is 10.8. The van der Waals surface area contributed by atoms with Crippen LogP contribution in [0.25, 0.3) is 0 Å². The van der Waals surface area contributed by atoms with Gasteiger partial charge in [0.2, 0.25) is 11.8 Å². The standard InChI is InChI=1S/C13H21N3O3/c1-9-14-15-11(18-9)8-16-7-5-6-10(16)12(17)19-13(2,3)4/h10H,5-8H2,1-4H3/t10-/m0/s1. The Bertz CT molecular complexity index is 450. The van der Waals surface area contributed by atoms with Gasteiger partial charge in [-0.05, 0) is 40.2 Å². The van der Waals surface area contributed by atoms with E-state index in [9.17, 15) is 4.79 Å². The fourth-order valence-electron chi connectivity index (χ4n) is 2.23. The molecule has 1 aromatic rings. The van der Waals surface area contributed by atoms with Crippen molar-refractivity contribution in [3.05, 3.63) is 11.8 Å². The molecular formula is C13H21N3O3. The van der Waals surface area contributed by atoms with E-state index in [4.69, 9.17) is 9.15 Å². The topological polar surface area (TPSA) is 68.5 Å². The Morgan fingerprint density at radius 1 is 1.47 bits per heavy atom. The third-order valence-corrected chi connectivity index (χ3v) is 2.95. The van der Waals surface area contributed by atoms with Crippen molar-refractivity contribution in [1.82, 2.24) is 15.1 Å². The van der Waals surface area contributed by atoms with E-state index in [1.54, 1.807) is 6.92 Å². The monoisotopic (exact) mass is 267 g/mol.